The van der Waals surface area contributed by atoms with Crippen LogP contribution in [-0.4, -0.2) is 31.4 Å². The minimum atomic E-state index is -3.94. The molecule has 0 aliphatic carbocycles. The third kappa shape index (κ3) is 4.58. The van der Waals surface area contributed by atoms with Crippen LogP contribution >= 0.6 is 0 Å². The van der Waals surface area contributed by atoms with Gasteiger partial charge in [0, 0.05) is 17.7 Å². The topological polar surface area (TPSA) is 93.6 Å². The quantitative estimate of drug-likeness (QED) is 0.483. The average Bonchev–Trinajstić information content (AvgIpc) is 3.15. The minimum absolute atomic E-state index is 0.0645. The molecule has 1 heterocycles. The number of ether oxygens (including phenoxy) is 1. The molecule has 0 saturated heterocycles. The number of H-pyrrole nitrogens is 1. The van der Waals surface area contributed by atoms with Gasteiger partial charge >= 0.3 is 10.1 Å². The number of hydrogen-bond donors (Lipinski definition) is 1. The number of oxime groups is 1. The molecule has 0 fully saturated rings. The lowest BCUT2D eigenvalue weighted by molar-refractivity contribution is 0.337. The predicted molar refractivity (Wildman–Crippen MR) is 107 cm³/mol. The van der Waals surface area contributed by atoms with Gasteiger partial charge in [0.25, 0.3) is 0 Å². The molecule has 0 amide bonds. The van der Waals surface area contributed by atoms with E-state index in [4.69, 9.17) is 9.02 Å². The Balaban J connectivity index is 1.70. The van der Waals surface area contributed by atoms with Gasteiger partial charge in [-0.3, -0.25) is 9.38 Å². The molecule has 0 radical (unpaired) electrons. The molecule has 1 aromatic heterocycles. The van der Waals surface area contributed by atoms with Gasteiger partial charge in [0.2, 0.25) is 0 Å². The summed E-state index contributed by atoms with van der Waals surface area (Å²) in [4.78, 5) is 0.0645. The molecule has 28 heavy (non-hydrogen) atoms. The zero-order chi connectivity index (χ0) is 20.1. The van der Waals surface area contributed by atoms with Crippen molar-refractivity contribution in [2.24, 2.45) is 5.16 Å². The number of aromatic amines is 1. The lowest BCUT2D eigenvalue weighted by Gasteiger charge is -2.04. The summed E-state index contributed by atoms with van der Waals surface area (Å²) in [5.41, 5.74) is 3.82. The Morgan fingerprint density at radius 1 is 1.14 bits per heavy atom. The molecule has 0 aliphatic heterocycles. The first-order chi connectivity index (χ1) is 13.4. The Hall–Kier alpha value is -3.13. The maximum Gasteiger partial charge on any atom is 0.358 e. The first-order valence-electron chi connectivity index (χ1n) is 8.60. The molecule has 0 aliphatic rings. The highest BCUT2D eigenvalue weighted by molar-refractivity contribution is 7.86. The van der Waals surface area contributed by atoms with Gasteiger partial charge in [-0.25, -0.2) is 0 Å². The fraction of sp³-hybridized carbons (Fsp3) is 0.200. The van der Waals surface area contributed by atoms with Gasteiger partial charge in [0.05, 0.1) is 18.5 Å². The van der Waals surface area contributed by atoms with Crippen LogP contribution in [0.15, 0.2) is 64.6 Å². The summed E-state index contributed by atoms with van der Waals surface area (Å²) in [5.74, 6) is 0.721. The van der Waals surface area contributed by atoms with E-state index in [0.29, 0.717) is 12.1 Å². The molecular formula is C20H21N3O4S. The lowest BCUT2D eigenvalue weighted by Crippen LogP contribution is -2.06. The first kappa shape index (κ1) is 19.6. The summed E-state index contributed by atoms with van der Waals surface area (Å²) >= 11 is 0. The van der Waals surface area contributed by atoms with Crippen molar-refractivity contribution in [1.29, 1.82) is 0 Å². The first-order valence-corrected chi connectivity index (χ1v) is 10.0. The normalized spacial score (nSPS) is 12.0. The van der Waals surface area contributed by atoms with Crippen molar-refractivity contribution in [1.82, 2.24) is 10.2 Å². The summed E-state index contributed by atoms with van der Waals surface area (Å²) in [6.45, 7) is 3.57. The van der Waals surface area contributed by atoms with Crippen LogP contribution < -0.4 is 4.74 Å². The molecule has 7 nitrogen and oxygen atoms in total. The second-order valence-electron chi connectivity index (χ2n) is 6.32. The Labute approximate surface area is 164 Å². The summed E-state index contributed by atoms with van der Waals surface area (Å²) in [6, 6.07) is 15.8. The minimum Gasteiger partial charge on any atom is -0.496 e. The molecular weight excluding hydrogens is 378 g/mol. The molecule has 0 saturated carbocycles. The van der Waals surface area contributed by atoms with Crippen LogP contribution in [0, 0.1) is 6.92 Å². The number of nitrogens with zero attached hydrogens (tertiary/aromatic N) is 2. The van der Waals surface area contributed by atoms with Gasteiger partial charge in [-0.1, -0.05) is 35.0 Å². The van der Waals surface area contributed by atoms with Crippen LogP contribution in [0.2, 0.25) is 0 Å². The van der Waals surface area contributed by atoms with E-state index in [2.05, 4.69) is 15.4 Å². The number of aromatic nitrogens is 2. The molecule has 0 unspecified atom stereocenters. The van der Waals surface area contributed by atoms with Crippen molar-refractivity contribution in [2.75, 3.05) is 7.11 Å². The summed E-state index contributed by atoms with van der Waals surface area (Å²) in [6.07, 6.45) is 0.367. The standard InChI is InChI=1S/C20H21N3O4S/c1-14-8-10-17(11-9-14)28(24,25)27-23-15(2)12-16-13-19(22-21-16)18-6-4-5-7-20(18)26-3/h4-11,13H,12H2,1-3H3,(H,21,22)/b23-15+. The molecule has 0 bridgehead atoms. The molecule has 0 atom stereocenters. The number of methoxy groups -OCH3 is 1. The number of rotatable bonds is 7. The van der Waals surface area contributed by atoms with E-state index in [1.807, 2.05) is 37.3 Å². The molecule has 8 heteroatoms. The van der Waals surface area contributed by atoms with E-state index in [9.17, 15) is 8.42 Å². The highest BCUT2D eigenvalue weighted by atomic mass is 32.2. The third-order valence-corrected chi connectivity index (χ3v) is 5.18. The van der Waals surface area contributed by atoms with E-state index in [1.54, 1.807) is 26.2 Å². The van der Waals surface area contributed by atoms with E-state index in [-0.39, 0.29) is 4.90 Å². The Morgan fingerprint density at radius 3 is 2.57 bits per heavy atom. The molecule has 3 rings (SSSR count). The van der Waals surface area contributed by atoms with Crippen LogP contribution in [0.4, 0.5) is 0 Å². The van der Waals surface area contributed by atoms with Crippen LogP contribution in [0.25, 0.3) is 11.3 Å². The van der Waals surface area contributed by atoms with Crippen LogP contribution in [0.5, 0.6) is 5.75 Å². The summed E-state index contributed by atoms with van der Waals surface area (Å²) < 4.78 is 34.6. The van der Waals surface area contributed by atoms with E-state index < -0.39 is 10.1 Å². The van der Waals surface area contributed by atoms with Crippen molar-refractivity contribution in [3.05, 3.63) is 65.9 Å². The van der Waals surface area contributed by atoms with Gasteiger partial charge in [-0.15, -0.1) is 0 Å². The monoisotopic (exact) mass is 399 g/mol. The Kier molecular flexibility index (Phi) is 5.79. The van der Waals surface area contributed by atoms with E-state index >= 15 is 0 Å². The third-order valence-electron chi connectivity index (χ3n) is 4.06. The largest absolute Gasteiger partial charge is 0.496 e. The van der Waals surface area contributed by atoms with Crippen molar-refractivity contribution in [2.45, 2.75) is 25.2 Å². The second kappa shape index (κ2) is 8.26. The highest BCUT2D eigenvalue weighted by Gasteiger charge is 2.16. The van der Waals surface area contributed by atoms with Crippen LogP contribution in [-0.2, 0) is 20.8 Å². The number of hydrogen-bond acceptors (Lipinski definition) is 6. The lowest BCUT2D eigenvalue weighted by atomic mass is 10.1. The SMILES string of the molecule is COc1ccccc1-c1cc(C/C(C)=N/OS(=O)(=O)c2ccc(C)cc2)[nH]n1. The molecule has 3 aromatic rings. The fourth-order valence-electron chi connectivity index (χ4n) is 2.61. The number of nitrogens with one attached hydrogen (secondary N) is 1. The smallest absolute Gasteiger partial charge is 0.358 e. The Morgan fingerprint density at radius 2 is 1.86 bits per heavy atom. The van der Waals surface area contributed by atoms with Crippen molar-refractivity contribution in [3.63, 3.8) is 0 Å². The highest BCUT2D eigenvalue weighted by Crippen LogP contribution is 2.28. The molecule has 146 valence electrons. The predicted octanol–water partition coefficient (Wildman–Crippen LogP) is 3.72. The van der Waals surface area contributed by atoms with Crippen LogP contribution in [0.3, 0.4) is 0 Å². The van der Waals surface area contributed by atoms with Crippen molar-refractivity contribution in [3.8, 4) is 17.0 Å². The van der Waals surface area contributed by atoms with Gasteiger partial charge in [0.1, 0.15) is 10.6 Å². The average molecular weight is 399 g/mol. The van der Waals surface area contributed by atoms with Gasteiger partial charge in [0.15, 0.2) is 0 Å². The molecule has 0 spiro atoms. The number of aryl methyl sites for hydroxylation is 1. The van der Waals surface area contributed by atoms with Gasteiger partial charge in [-0.2, -0.15) is 13.5 Å². The van der Waals surface area contributed by atoms with Gasteiger partial charge < -0.3 is 4.74 Å². The van der Waals surface area contributed by atoms with Crippen molar-refractivity contribution < 1.29 is 17.4 Å². The van der Waals surface area contributed by atoms with Crippen molar-refractivity contribution >= 4 is 15.8 Å². The summed E-state index contributed by atoms with van der Waals surface area (Å²) in [5, 5.41) is 11.0. The van der Waals surface area contributed by atoms with E-state index in [0.717, 1.165) is 28.3 Å². The maximum absolute atomic E-state index is 12.2. The maximum atomic E-state index is 12.2. The van der Waals surface area contributed by atoms with E-state index in [1.165, 1.54) is 12.1 Å². The second-order valence-corrected chi connectivity index (χ2v) is 7.85. The molecule has 1 N–H and O–H groups in total. The zero-order valence-electron chi connectivity index (χ0n) is 15.8. The fourth-order valence-corrected chi connectivity index (χ4v) is 3.40. The number of benzene rings is 2. The van der Waals surface area contributed by atoms with Gasteiger partial charge in [-0.05, 0) is 44.2 Å². The Bertz CT molecular complexity index is 1090. The number of para-hydroxylation sites is 1. The molecule has 2 aromatic carbocycles. The van der Waals surface area contributed by atoms with Crippen LogP contribution in [0.1, 0.15) is 18.2 Å². The zero-order valence-corrected chi connectivity index (χ0v) is 16.7. The summed E-state index contributed by atoms with van der Waals surface area (Å²) in [7, 11) is -2.33.